The van der Waals surface area contributed by atoms with E-state index in [4.69, 9.17) is 4.43 Å². The number of rotatable bonds is 35. The van der Waals surface area contributed by atoms with Gasteiger partial charge in [-0.1, -0.05) is 255 Å². The molecule has 0 aromatic heterocycles. The molecule has 6 heteroatoms. The highest BCUT2D eigenvalue weighted by molar-refractivity contribution is 6.99. The average Bonchev–Trinajstić information content (AvgIpc) is 3.21. The lowest BCUT2D eigenvalue weighted by atomic mass is 10.0. The summed E-state index contributed by atoms with van der Waals surface area (Å²) < 4.78 is 7.52. The first-order valence-corrected chi connectivity index (χ1v) is 25.8. The van der Waals surface area contributed by atoms with Gasteiger partial charge in [0.25, 0.3) is 8.32 Å². The fourth-order valence-corrected chi connectivity index (χ4v) is 12.9. The lowest BCUT2D eigenvalue weighted by Crippen LogP contribution is -2.69. The fourth-order valence-electron chi connectivity index (χ4n) is 8.28. The molecule has 2 atom stereocenters. The van der Waals surface area contributed by atoms with Gasteiger partial charge in [-0.25, -0.2) is 4.79 Å². The van der Waals surface area contributed by atoms with E-state index < -0.39 is 20.5 Å². The highest BCUT2D eigenvalue weighted by atomic mass is 28.4. The van der Waals surface area contributed by atoms with Gasteiger partial charge in [0.05, 0.1) is 18.8 Å². The van der Waals surface area contributed by atoms with Crippen LogP contribution in [0.5, 0.6) is 0 Å². The summed E-state index contributed by atoms with van der Waals surface area (Å²) >= 11 is 0. The molecule has 0 aliphatic rings. The maximum Gasteiger partial charge on any atom is 0.315 e. The quantitative estimate of drug-likeness (QED) is 0.0369. The zero-order chi connectivity index (χ0) is 41.3. The zero-order valence-corrected chi connectivity index (χ0v) is 38.6. The van der Waals surface area contributed by atoms with E-state index in [9.17, 15) is 9.90 Å². The summed E-state index contributed by atoms with van der Waals surface area (Å²) in [5.74, 6) is 0. The first-order valence-electron chi connectivity index (χ1n) is 23.9. The molecule has 0 saturated heterocycles. The second-order valence-corrected chi connectivity index (χ2v) is 22.0. The normalized spacial score (nSPS) is 13.2. The van der Waals surface area contributed by atoms with Crippen LogP contribution in [0.2, 0.25) is 5.04 Å². The summed E-state index contributed by atoms with van der Waals surface area (Å²) in [5.41, 5.74) is 0. The second-order valence-electron chi connectivity index (χ2n) is 17.8. The van der Waals surface area contributed by atoms with E-state index in [2.05, 4.69) is 118 Å². The summed E-state index contributed by atoms with van der Waals surface area (Å²) in [5, 5.41) is 19.2. The smallest absolute Gasteiger partial charge is 0.315 e. The van der Waals surface area contributed by atoms with Gasteiger partial charge in [-0.3, -0.25) is 0 Å². The number of benzene rings is 2. The molecule has 0 radical (unpaired) electrons. The van der Waals surface area contributed by atoms with E-state index >= 15 is 0 Å². The number of carbonyl (C=O) groups excluding carboxylic acids is 1. The van der Waals surface area contributed by atoms with Crippen LogP contribution in [0, 0.1) is 0 Å². The number of unbranched alkanes of at least 4 members (excludes halogenated alkanes) is 24. The Labute approximate surface area is 353 Å². The largest absolute Gasteiger partial charge is 0.399 e. The van der Waals surface area contributed by atoms with Crippen molar-refractivity contribution in [3.8, 4) is 0 Å². The van der Waals surface area contributed by atoms with E-state index in [1.54, 1.807) is 0 Å². The Kier molecular flexibility index (Phi) is 28.9. The maximum atomic E-state index is 13.3. The van der Waals surface area contributed by atoms with Gasteiger partial charge in [0, 0.05) is 6.54 Å². The van der Waals surface area contributed by atoms with Gasteiger partial charge in [0.2, 0.25) is 0 Å². The molecule has 0 unspecified atom stereocenters. The van der Waals surface area contributed by atoms with E-state index in [-0.39, 0.29) is 17.7 Å². The van der Waals surface area contributed by atoms with Crippen molar-refractivity contribution in [1.82, 2.24) is 10.6 Å². The Morgan fingerprint density at radius 2 is 1.00 bits per heavy atom. The predicted molar refractivity (Wildman–Crippen MR) is 250 cm³/mol. The van der Waals surface area contributed by atoms with E-state index in [0.29, 0.717) is 6.54 Å². The van der Waals surface area contributed by atoms with Gasteiger partial charge >= 0.3 is 6.03 Å². The van der Waals surface area contributed by atoms with Crippen LogP contribution in [0.3, 0.4) is 0 Å². The SMILES string of the molecule is CCCCCCCCCCCCC/C=C/[C@H](O[Si](c1ccccc1)(c1ccccc1)C(C)(C)C)[C@H](CO)NC(=O)NCCCCCCCCCCCCCCCC. The fraction of sp³-hybridized carbons (Fsp3) is 0.706. The van der Waals surface area contributed by atoms with Crippen LogP contribution in [0.25, 0.3) is 0 Å². The summed E-state index contributed by atoms with van der Waals surface area (Å²) in [4.78, 5) is 13.3. The predicted octanol–water partition coefficient (Wildman–Crippen LogP) is 13.3. The molecule has 0 spiro atoms. The highest BCUT2D eigenvalue weighted by Gasteiger charge is 2.52. The topological polar surface area (TPSA) is 70.6 Å². The minimum atomic E-state index is -2.95. The summed E-state index contributed by atoms with van der Waals surface area (Å²) in [6.45, 7) is 11.8. The number of urea groups is 1. The van der Waals surface area contributed by atoms with Gasteiger partial charge in [0.15, 0.2) is 0 Å². The maximum absolute atomic E-state index is 13.3. The molecular formula is C51H88N2O3Si. The summed E-state index contributed by atoms with van der Waals surface area (Å²) in [6, 6.07) is 20.5. The van der Waals surface area contributed by atoms with E-state index in [1.807, 2.05) is 0 Å². The Morgan fingerprint density at radius 3 is 1.39 bits per heavy atom. The molecule has 0 aliphatic heterocycles. The third kappa shape index (κ3) is 21.4. The number of amides is 2. The molecule has 0 bridgehead atoms. The molecule has 2 aromatic carbocycles. The molecule has 57 heavy (non-hydrogen) atoms. The number of nitrogens with one attached hydrogen (secondary N) is 2. The van der Waals surface area contributed by atoms with Gasteiger partial charge in [-0.2, -0.15) is 0 Å². The van der Waals surface area contributed by atoms with Gasteiger partial charge in [-0.15, -0.1) is 0 Å². The number of allylic oxidation sites excluding steroid dienone is 1. The van der Waals surface area contributed by atoms with Gasteiger partial charge in [-0.05, 0) is 34.7 Å². The second kappa shape index (κ2) is 32.4. The van der Waals surface area contributed by atoms with Gasteiger partial charge in [0.1, 0.15) is 0 Å². The molecule has 2 amide bonds. The Hall–Kier alpha value is -2.41. The molecule has 0 aliphatic carbocycles. The number of hydrogen-bond acceptors (Lipinski definition) is 3. The third-order valence-corrected chi connectivity index (χ3v) is 16.8. The number of carbonyl (C=O) groups is 1. The van der Waals surface area contributed by atoms with E-state index in [1.165, 1.54) is 152 Å². The Morgan fingerprint density at radius 1 is 0.614 bits per heavy atom. The zero-order valence-electron chi connectivity index (χ0n) is 37.6. The summed E-state index contributed by atoms with van der Waals surface area (Å²) in [6.07, 6.45) is 37.7. The highest BCUT2D eigenvalue weighted by Crippen LogP contribution is 2.38. The van der Waals surface area contributed by atoms with Crippen molar-refractivity contribution >= 4 is 24.7 Å². The summed E-state index contributed by atoms with van der Waals surface area (Å²) in [7, 11) is -2.95. The number of aliphatic hydroxyl groups is 1. The van der Waals surface area contributed by atoms with Crippen LogP contribution in [-0.4, -0.2) is 44.8 Å². The first-order chi connectivity index (χ1) is 27.8. The van der Waals surface area contributed by atoms with Crippen molar-refractivity contribution in [3.63, 3.8) is 0 Å². The molecular weight excluding hydrogens is 717 g/mol. The van der Waals surface area contributed by atoms with Crippen molar-refractivity contribution in [2.24, 2.45) is 0 Å². The molecule has 0 saturated carbocycles. The van der Waals surface area contributed by atoms with Crippen molar-refractivity contribution in [1.29, 1.82) is 0 Å². The average molecular weight is 805 g/mol. The van der Waals surface area contributed by atoms with Crippen LogP contribution >= 0.6 is 0 Å². The van der Waals surface area contributed by atoms with Crippen molar-refractivity contribution < 1.29 is 14.3 Å². The van der Waals surface area contributed by atoms with Crippen LogP contribution in [0.15, 0.2) is 72.8 Å². The molecule has 2 aromatic rings. The Balaban J connectivity index is 1.99. The monoisotopic (exact) mass is 805 g/mol. The standard InChI is InChI=1S/C51H88N2O3Si/c1-6-8-10-12-14-16-18-20-22-24-26-28-30-38-44-52-50(55)53-48(45-54)49(43-37-29-27-25-23-21-19-17-15-13-11-9-7-2)56-57(51(3,4)5,46-39-33-31-34-40-46)47-41-35-32-36-42-47/h31-37,39-43,48-49,54H,6-30,38,44-45H2,1-5H3,(H2,52,53,55)/b43-37+/t48-,49-/m0/s1. The Bertz CT molecular complexity index is 1210. The van der Waals surface area contributed by atoms with Crippen LogP contribution in [0.1, 0.15) is 202 Å². The lowest BCUT2D eigenvalue weighted by Gasteiger charge is -2.46. The molecule has 5 nitrogen and oxygen atoms in total. The van der Waals surface area contributed by atoms with Crippen LogP contribution in [-0.2, 0) is 4.43 Å². The van der Waals surface area contributed by atoms with E-state index in [0.717, 1.165) is 25.7 Å². The third-order valence-electron chi connectivity index (χ3n) is 11.8. The van der Waals surface area contributed by atoms with Crippen LogP contribution in [0.4, 0.5) is 4.79 Å². The minimum absolute atomic E-state index is 0.210. The molecule has 0 fully saturated rings. The van der Waals surface area contributed by atoms with Crippen molar-refractivity contribution in [2.45, 2.75) is 219 Å². The van der Waals surface area contributed by atoms with Gasteiger partial charge < -0.3 is 20.2 Å². The van der Waals surface area contributed by atoms with Crippen molar-refractivity contribution in [2.75, 3.05) is 13.2 Å². The molecule has 324 valence electrons. The van der Waals surface area contributed by atoms with Crippen molar-refractivity contribution in [3.05, 3.63) is 72.8 Å². The number of hydrogen-bond donors (Lipinski definition) is 3. The number of aliphatic hydroxyl groups excluding tert-OH is 1. The molecule has 2 rings (SSSR count). The molecule has 0 heterocycles. The molecule has 3 N–H and O–H groups in total. The minimum Gasteiger partial charge on any atom is -0.399 e. The van der Waals surface area contributed by atoms with Crippen LogP contribution < -0.4 is 21.0 Å². The lowest BCUT2D eigenvalue weighted by molar-refractivity contribution is 0.134. The first kappa shape index (κ1) is 50.7.